The van der Waals surface area contributed by atoms with Crippen LogP contribution in [0, 0.1) is 10.1 Å². The van der Waals surface area contributed by atoms with Gasteiger partial charge in [-0.15, -0.1) is 10.2 Å². The number of ether oxygens (including phenoxy) is 2. The molecule has 138 valence electrons. The van der Waals surface area contributed by atoms with Crippen molar-refractivity contribution in [3.63, 3.8) is 0 Å². The number of hydrogen-bond acceptors (Lipinski definition) is 8. The molecule has 0 radical (unpaired) electrons. The fraction of sp³-hybridized carbons (Fsp3) is 0.118. The van der Waals surface area contributed by atoms with Crippen molar-refractivity contribution in [1.29, 1.82) is 0 Å². The molecule has 9 nitrogen and oxygen atoms in total. The Morgan fingerprint density at radius 2 is 1.96 bits per heavy atom. The minimum absolute atomic E-state index is 0.0000555. The number of methoxy groups -OCH3 is 1. The third-order valence-corrected chi connectivity index (χ3v) is 3.75. The third-order valence-electron chi connectivity index (χ3n) is 3.50. The summed E-state index contributed by atoms with van der Waals surface area (Å²) in [6, 6.07) is 10.5. The van der Waals surface area contributed by atoms with Crippen LogP contribution >= 0.6 is 11.6 Å². The lowest BCUT2D eigenvalue weighted by molar-refractivity contribution is -0.385. The molecule has 27 heavy (non-hydrogen) atoms. The van der Waals surface area contributed by atoms with Gasteiger partial charge in [0.2, 0.25) is 5.89 Å². The van der Waals surface area contributed by atoms with Crippen LogP contribution in [-0.2, 0) is 11.3 Å². The highest BCUT2D eigenvalue weighted by atomic mass is 35.5. The van der Waals surface area contributed by atoms with Crippen LogP contribution in [0.15, 0.2) is 46.9 Å². The minimum atomic E-state index is -0.771. The van der Waals surface area contributed by atoms with Crippen molar-refractivity contribution >= 4 is 23.3 Å². The Balaban J connectivity index is 1.68. The van der Waals surface area contributed by atoms with Crippen molar-refractivity contribution in [3.05, 3.63) is 69.1 Å². The average Bonchev–Trinajstić information content (AvgIpc) is 3.15. The van der Waals surface area contributed by atoms with Crippen LogP contribution in [0.25, 0.3) is 11.5 Å². The monoisotopic (exact) mass is 389 g/mol. The van der Waals surface area contributed by atoms with E-state index in [9.17, 15) is 14.9 Å². The SMILES string of the molecule is COc1ccc(C(=O)OCc2nnc(-c3ccc(Cl)cc3)o2)cc1[N+](=O)[O-]. The van der Waals surface area contributed by atoms with E-state index < -0.39 is 10.9 Å². The number of hydrogen-bond donors (Lipinski definition) is 0. The highest BCUT2D eigenvalue weighted by Crippen LogP contribution is 2.28. The molecule has 0 aliphatic rings. The highest BCUT2D eigenvalue weighted by molar-refractivity contribution is 6.30. The van der Waals surface area contributed by atoms with Gasteiger partial charge in [-0.3, -0.25) is 10.1 Å². The summed E-state index contributed by atoms with van der Waals surface area (Å²) < 4.78 is 15.4. The van der Waals surface area contributed by atoms with E-state index >= 15 is 0 Å². The van der Waals surface area contributed by atoms with Crippen molar-refractivity contribution in [2.45, 2.75) is 6.61 Å². The maximum atomic E-state index is 12.1. The maximum Gasteiger partial charge on any atom is 0.338 e. The first kappa shape index (κ1) is 18.3. The maximum absolute atomic E-state index is 12.1. The van der Waals surface area contributed by atoms with Crippen LogP contribution in [0.3, 0.4) is 0 Å². The molecule has 3 aromatic rings. The van der Waals surface area contributed by atoms with Crippen molar-refractivity contribution in [1.82, 2.24) is 10.2 Å². The number of aromatic nitrogens is 2. The van der Waals surface area contributed by atoms with Crippen LogP contribution in [0.4, 0.5) is 5.69 Å². The van der Waals surface area contributed by atoms with Gasteiger partial charge in [0, 0.05) is 16.7 Å². The summed E-state index contributed by atoms with van der Waals surface area (Å²) in [4.78, 5) is 22.5. The van der Waals surface area contributed by atoms with Crippen LogP contribution in [0.2, 0.25) is 5.02 Å². The lowest BCUT2D eigenvalue weighted by Gasteiger charge is -2.05. The van der Waals surface area contributed by atoms with E-state index in [1.54, 1.807) is 24.3 Å². The molecule has 2 aromatic carbocycles. The van der Waals surface area contributed by atoms with E-state index in [1.165, 1.54) is 19.2 Å². The number of nitrogens with zero attached hydrogens (tertiary/aromatic N) is 3. The molecule has 0 aliphatic heterocycles. The fourth-order valence-electron chi connectivity index (χ4n) is 2.19. The number of esters is 1. The summed E-state index contributed by atoms with van der Waals surface area (Å²) in [5, 5.41) is 19.3. The first-order chi connectivity index (χ1) is 13.0. The van der Waals surface area contributed by atoms with Gasteiger partial charge in [0.25, 0.3) is 5.89 Å². The second kappa shape index (κ2) is 7.83. The van der Waals surface area contributed by atoms with Crippen LogP contribution < -0.4 is 4.74 Å². The van der Waals surface area contributed by atoms with Gasteiger partial charge >= 0.3 is 11.7 Å². The molecule has 0 spiro atoms. The second-order valence-electron chi connectivity index (χ2n) is 5.23. The fourth-order valence-corrected chi connectivity index (χ4v) is 2.32. The van der Waals surface area contributed by atoms with E-state index in [0.29, 0.717) is 10.6 Å². The van der Waals surface area contributed by atoms with Crippen LogP contribution in [0.1, 0.15) is 16.2 Å². The molecule has 0 aliphatic carbocycles. The molecule has 1 aromatic heterocycles. The van der Waals surface area contributed by atoms with E-state index in [1.807, 2.05) is 0 Å². The largest absolute Gasteiger partial charge is 0.490 e. The average molecular weight is 390 g/mol. The summed E-state index contributed by atoms with van der Waals surface area (Å²) in [5.74, 6) is -0.401. The molecule has 3 rings (SSSR count). The van der Waals surface area contributed by atoms with E-state index in [-0.39, 0.29) is 35.4 Å². The Kier molecular flexibility index (Phi) is 5.32. The Bertz CT molecular complexity index is 987. The van der Waals surface area contributed by atoms with Gasteiger partial charge in [0.15, 0.2) is 12.4 Å². The zero-order valence-corrected chi connectivity index (χ0v) is 14.7. The molecule has 0 unspecified atom stereocenters. The first-order valence-electron chi connectivity index (χ1n) is 7.56. The zero-order chi connectivity index (χ0) is 19.4. The minimum Gasteiger partial charge on any atom is -0.490 e. The quantitative estimate of drug-likeness (QED) is 0.356. The van der Waals surface area contributed by atoms with Gasteiger partial charge in [-0.1, -0.05) is 11.6 Å². The van der Waals surface area contributed by atoms with Crippen molar-refractivity contribution in [2.24, 2.45) is 0 Å². The number of halogens is 1. The number of rotatable bonds is 6. The van der Waals surface area contributed by atoms with Gasteiger partial charge in [-0.25, -0.2) is 4.79 Å². The zero-order valence-electron chi connectivity index (χ0n) is 13.9. The summed E-state index contributed by atoms with van der Waals surface area (Å²) in [5.41, 5.74) is 0.324. The number of nitro groups is 1. The van der Waals surface area contributed by atoms with Crippen molar-refractivity contribution in [2.75, 3.05) is 7.11 Å². The molecule has 0 atom stereocenters. The smallest absolute Gasteiger partial charge is 0.338 e. The molecule has 0 N–H and O–H groups in total. The topological polar surface area (TPSA) is 118 Å². The molecule has 1 heterocycles. The molecule has 0 bridgehead atoms. The van der Waals surface area contributed by atoms with Gasteiger partial charge in [0.1, 0.15) is 0 Å². The molecule has 0 saturated carbocycles. The second-order valence-corrected chi connectivity index (χ2v) is 5.66. The Labute approximate surface area is 157 Å². The standard InChI is InChI=1S/C17H12ClN3O6/c1-25-14-7-4-11(8-13(14)21(23)24)17(22)26-9-15-19-20-16(27-15)10-2-5-12(18)6-3-10/h2-8H,9H2,1H3. The number of carbonyl (C=O) groups excluding carboxylic acids is 1. The normalized spacial score (nSPS) is 10.4. The van der Waals surface area contributed by atoms with E-state index in [4.69, 9.17) is 25.5 Å². The summed E-state index contributed by atoms with van der Waals surface area (Å²) in [7, 11) is 1.30. The van der Waals surface area contributed by atoms with Gasteiger partial charge in [-0.05, 0) is 36.4 Å². The Hall–Kier alpha value is -3.46. The predicted molar refractivity (Wildman–Crippen MR) is 93.5 cm³/mol. The van der Waals surface area contributed by atoms with E-state index in [0.717, 1.165) is 6.07 Å². The summed E-state index contributed by atoms with van der Waals surface area (Å²) in [6.07, 6.45) is 0. The lowest BCUT2D eigenvalue weighted by Crippen LogP contribution is -2.06. The van der Waals surface area contributed by atoms with Crippen molar-refractivity contribution < 1.29 is 23.6 Å². The Morgan fingerprint density at radius 3 is 2.63 bits per heavy atom. The molecular formula is C17H12ClN3O6. The number of benzene rings is 2. The van der Waals surface area contributed by atoms with E-state index in [2.05, 4.69) is 10.2 Å². The molecular weight excluding hydrogens is 378 g/mol. The molecule has 0 amide bonds. The van der Waals surface area contributed by atoms with Crippen LogP contribution in [-0.4, -0.2) is 28.2 Å². The van der Waals surface area contributed by atoms with Gasteiger partial charge < -0.3 is 13.9 Å². The number of carbonyl (C=O) groups is 1. The molecule has 10 heteroatoms. The summed E-state index contributed by atoms with van der Waals surface area (Å²) in [6.45, 7) is -0.279. The number of nitro benzene ring substituents is 1. The predicted octanol–water partition coefficient (Wildman–Crippen LogP) is 3.66. The third kappa shape index (κ3) is 4.21. The first-order valence-corrected chi connectivity index (χ1v) is 7.93. The van der Waals surface area contributed by atoms with Crippen molar-refractivity contribution in [3.8, 4) is 17.2 Å². The lowest BCUT2D eigenvalue weighted by atomic mass is 10.2. The molecule has 0 fully saturated rings. The summed E-state index contributed by atoms with van der Waals surface area (Å²) >= 11 is 5.82. The molecule has 0 saturated heterocycles. The van der Waals surface area contributed by atoms with Crippen LogP contribution in [0.5, 0.6) is 5.75 Å². The Morgan fingerprint density at radius 1 is 1.22 bits per heavy atom. The van der Waals surface area contributed by atoms with Gasteiger partial charge in [0.05, 0.1) is 17.6 Å². The van der Waals surface area contributed by atoms with Gasteiger partial charge in [-0.2, -0.15) is 0 Å². The highest BCUT2D eigenvalue weighted by Gasteiger charge is 2.19.